The molecule has 2 atom stereocenters. The van der Waals surface area contributed by atoms with Gasteiger partial charge in [-0.05, 0) is 49.6 Å². The Bertz CT molecular complexity index is 830. The lowest BCUT2D eigenvalue weighted by Gasteiger charge is -2.22. The minimum absolute atomic E-state index is 0.0267. The zero-order valence-corrected chi connectivity index (χ0v) is 18.3. The second kappa shape index (κ2) is 11.8. The molecule has 0 saturated carbocycles. The maximum atomic E-state index is 12.7. The van der Waals surface area contributed by atoms with Gasteiger partial charge in [0.25, 0.3) is 11.8 Å². The Labute approximate surface area is 179 Å². The first-order valence-electron chi connectivity index (χ1n) is 10.5. The first-order valence-corrected chi connectivity index (χ1v) is 10.5. The molecule has 2 aromatic rings. The molecule has 6 nitrogen and oxygen atoms in total. The average molecular weight is 409 g/mol. The molecular weight excluding hydrogens is 376 g/mol. The van der Waals surface area contributed by atoms with Gasteiger partial charge >= 0.3 is 0 Å². The van der Waals surface area contributed by atoms with Crippen LogP contribution in [-0.4, -0.2) is 37.2 Å². The number of carbonyl (C=O) groups is 2. The van der Waals surface area contributed by atoms with Gasteiger partial charge in [-0.2, -0.15) is 5.10 Å². The van der Waals surface area contributed by atoms with Crippen molar-refractivity contribution in [3.8, 4) is 0 Å². The second-order valence-electron chi connectivity index (χ2n) is 7.20. The number of carbonyl (C=O) groups excluding carboxylic acids is 2. The fourth-order valence-corrected chi connectivity index (χ4v) is 3.12. The molecule has 30 heavy (non-hydrogen) atoms. The van der Waals surface area contributed by atoms with Gasteiger partial charge in [0.05, 0.1) is 6.21 Å². The third-order valence-corrected chi connectivity index (χ3v) is 5.23. The molecule has 0 spiro atoms. The van der Waals surface area contributed by atoms with Crippen LogP contribution < -0.4 is 15.6 Å². The molecule has 0 aromatic heterocycles. The van der Waals surface area contributed by atoms with Gasteiger partial charge in [0.1, 0.15) is 6.04 Å². The minimum atomic E-state index is -0.662. The first-order chi connectivity index (χ1) is 14.5. The molecule has 0 bridgehead atoms. The number of rotatable bonds is 10. The zero-order valence-electron chi connectivity index (χ0n) is 18.3. The number of amides is 2. The van der Waals surface area contributed by atoms with Gasteiger partial charge < -0.3 is 10.2 Å². The number of hydrogen-bond acceptors (Lipinski definition) is 4. The van der Waals surface area contributed by atoms with Crippen molar-refractivity contribution < 1.29 is 9.59 Å². The summed E-state index contributed by atoms with van der Waals surface area (Å²) in [7, 11) is 0. The van der Waals surface area contributed by atoms with Crippen molar-refractivity contribution in [3.63, 3.8) is 0 Å². The molecule has 0 heterocycles. The van der Waals surface area contributed by atoms with Crippen LogP contribution in [0.25, 0.3) is 0 Å². The molecule has 160 valence electrons. The number of nitrogens with one attached hydrogen (secondary N) is 2. The fourth-order valence-electron chi connectivity index (χ4n) is 3.12. The quantitative estimate of drug-likeness (QED) is 0.464. The molecule has 2 amide bonds. The van der Waals surface area contributed by atoms with E-state index in [0.29, 0.717) is 5.56 Å². The van der Waals surface area contributed by atoms with Crippen LogP contribution in [0.2, 0.25) is 0 Å². The Morgan fingerprint density at radius 1 is 1.00 bits per heavy atom. The Morgan fingerprint density at radius 2 is 1.63 bits per heavy atom. The van der Waals surface area contributed by atoms with E-state index in [1.165, 1.54) is 0 Å². The summed E-state index contributed by atoms with van der Waals surface area (Å²) < 4.78 is 0. The molecule has 0 saturated heterocycles. The standard InChI is InChI=1S/C24H32N4O2/c1-5-18(4)22(26-23(29)20-11-9-8-10-12-20)24(30)27-25-17-19-13-15-21(16-14-19)28(6-2)7-3/h8-18,22H,5-7H2,1-4H3,(H,26,29)(H,27,30)/b25-17-/t18-,22+/m1/s1. The minimum Gasteiger partial charge on any atom is -0.372 e. The van der Waals surface area contributed by atoms with Crippen LogP contribution >= 0.6 is 0 Å². The normalized spacial score (nSPS) is 12.9. The number of benzene rings is 2. The van der Waals surface area contributed by atoms with E-state index in [0.717, 1.165) is 30.8 Å². The van der Waals surface area contributed by atoms with Crippen molar-refractivity contribution in [3.05, 3.63) is 65.7 Å². The van der Waals surface area contributed by atoms with E-state index in [-0.39, 0.29) is 17.7 Å². The summed E-state index contributed by atoms with van der Waals surface area (Å²) in [6, 6.07) is 16.2. The molecule has 6 heteroatoms. The van der Waals surface area contributed by atoms with Crippen molar-refractivity contribution in [1.82, 2.24) is 10.7 Å². The SMILES string of the molecule is CC[C@@H](C)[C@H](NC(=O)c1ccccc1)C(=O)N/N=C\c1ccc(N(CC)CC)cc1. The van der Waals surface area contributed by atoms with E-state index in [4.69, 9.17) is 0 Å². The maximum Gasteiger partial charge on any atom is 0.262 e. The molecule has 2 aromatic carbocycles. The van der Waals surface area contributed by atoms with Crippen molar-refractivity contribution in [2.75, 3.05) is 18.0 Å². The van der Waals surface area contributed by atoms with Crippen LogP contribution in [0.15, 0.2) is 59.7 Å². The molecule has 2 rings (SSSR count). The molecule has 0 radical (unpaired) electrons. The van der Waals surface area contributed by atoms with E-state index in [1.807, 2.05) is 44.2 Å². The van der Waals surface area contributed by atoms with E-state index >= 15 is 0 Å². The van der Waals surface area contributed by atoms with Crippen LogP contribution in [0.4, 0.5) is 5.69 Å². The average Bonchev–Trinajstić information content (AvgIpc) is 2.79. The van der Waals surface area contributed by atoms with E-state index in [2.05, 4.69) is 34.6 Å². The third-order valence-electron chi connectivity index (χ3n) is 5.23. The van der Waals surface area contributed by atoms with E-state index < -0.39 is 6.04 Å². The summed E-state index contributed by atoms with van der Waals surface area (Å²) in [5.74, 6) is -0.627. The summed E-state index contributed by atoms with van der Waals surface area (Å²) in [6.07, 6.45) is 2.36. The van der Waals surface area contributed by atoms with Gasteiger partial charge in [0, 0.05) is 24.3 Å². The lowest BCUT2D eigenvalue weighted by atomic mass is 9.98. The number of hydrogen-bond donors (Lipinski definition) is 2. The summed E-state index contributed by atoms with van der Waals surface area (Å²) >= 11 is 0. The molecule has 0 aliphatic carbocycles. The highest BCUT2D eigenvalue weighted by Crippen LogP contribution is 2.14. The molecule has 0 fully saturated rings. The number of anilines is 1. The topological polar surface area (TPSA) is 73.8 Å². The molecule has 0 unspecified atom stereocenters. The first kappa shape index (κ1) is 23.1. The van der Waals surface area contributed by atoms with Gasteiger partial charge in [-0.3, -0.25) is 9.59 Å². The molecule has 0 aliphatic rings. The van der Waals surface area contributed by atoms with Gasteiger partial charge in [0.2, 0.25) is 0 Å². The van der Waals surface area contributed by atoms with Gasteiger partial charge in [-0.25, -0.2) is 5.43 Å². The third kappa shape index (κ3) is 6.44. The van der Waals surface area contributed by atoms with Crippen molar-refractivity contribution in [2.24, 2.45) is 11.0 Å². The summed E-state index contributed by atoms with van der Waals surface area (Å²) in [5.41, 5.74) is 5.13. The molecule has 0 aliphatic heterocycles. The highest BCUT2D eigenvalue weighted by atomic mass is 16.2. The Kier molecular flexibility index (Phi) is 9.06. The summed E-state index contributed by atoms with van der Waals surface area (Å²) in [5, 5.41) is 6.92. The molecule has 2 N–H and O–H groups in total. The monoisotopic (exact) mass is 408 g/mol. The summed E-state index contributed by atoms with van der Waals surface area (Å²) in [4.78, 5) is 27.4. The number of nitrogens with zero attached hydrogens (tertiary/aromatic N) is 2. The van der Waals surface area contributed by atoms with Crippen LogP contribution in [0, 0.1) is 5.92 Å². The maximum absolute atomic E-state index is 12.7. The Hall–Kier alpha value is -3.15. The van der Waals surface area contributed by atoms with Crippen molar-refractivity contribution >= 4 is 23.7 Å². The molecular formula is C24H32N4O2. The van der Waals surface area contributed by atoms with Crippen molar-refractivity contribution in [2.45, 2.75) is 40.2 Å². The summed E-state index contributed by atoms with van der Waals surface area (Å²) in [6.45, 7) is 10.1. The fraction of sp³-hybridized carbons (Fsp3) is 0.375. The largest absolute Gasteiger partial charge is 0.372 e. The van der Waals surface area contributed by atoms with Crippen molar-refractivity contribution in [1.29, 1.82) is 0 Å². The van der Waals surface area contributed by atoms with Crippen LogP contribution in [-0.2, 0) is 4.79 Å². The second-order valence-corrected chi connectivity index (χ2v) is 7.20. The smallest absolute Gasteiger partial charge is 0.262 e. The van der Waals surface area contributed by atoms with Gasteiger partial charge in [0.15, 0.2) is 0 Å². The zero-order chi connectivity index (χ0) is 21.9. The predicted molar refractivity (Wildman–Crippen MR) is 123 cm³/mol. The van der Waals surface area contributed by atoms with E-state index in [9.17, 15) is 9.59 Å². The predicted octanol–water partition coefficient (Wildman–Crippen LogP) is 3.83. The van der Waals surface area contributed by atoms with Crippen LogP contribution in [0.1, 0.15) is 50.0 Å². The Balaban J connectivity index is 2.00. The van der Waals surface area contributed by atoms with Gasteiger partial charge in [-0.15, -0.1) is 0 Å². The number of hydrazone groups is 1. The lowest BCUT2D eigenvalue weighted by molar-refractivity contribution is -0.124. The van der Waals surface area contributed by atoms with E-state index in [1.54, 1.807) is 30.5 Å². The van der Waals surface area contributed by atoms with Crippen LogP contribution in [0.3, 0.4) is 0 Å². The Morgan fingerprint density at radius 3 is 2.20 bits per heavy atom. The van der Waals surface area contributed by atoms with Crippen LogP contribution in [0.5, 0.6) is 0 Å². The lowest BCUT2D eigenvalue weighted by Crippen LogP contribution is -2.49. The highest BCUT2D eigenvalue weighted by molar-refractivity contribution is 5.97. The van der Waals surface area contributed by atoms with Gasteiger partial charge in [-0.1, -0.05) is 50.6 Å². The highest BCUT2D eigenvalue weighted by Gasteiger charge is 2.26.